The number of hydrogen-bond donors (Lipinski definition) is 2. The van der Waals surface area contributed by atoms with Crippen LogP contribution >= 0.6 is 0 Å². The Morgan fingerprint density at radius 1 is 1.15 bits per heavy atom. The van der Waals surface area contributed by atoms with Crippen LogP contribution in [0.25, 0.3) is 11.0 Å². The third-order valence-corrected chi connectivity index (χ3v) is 1.92. The third-order valence-electron chi connectivity index (χ3n) is 1.92. The van der Waals surface area contributed by atoms with Crippen molar-refractivity contribution in [2.45, 2.75) is 6.92 Å². The molecule has 0 aliphatic heterocycles. The number of fused-ring (bicyclic) bond motifs is 1. The van der Waals surface area contributed by atoms with Gasteiger partial charge in [-0.2, -0.15) is 5.10 Å². The lowest BCUT2D eigenvalue weighted by atomic mass is 10.3. The highest BCUT2D eigenvalue weighted by Crippen LogP contribution is 2.19. The first kappa shape index (κ1) is 7.78. The minimum atomic E-state index is 0.227. The van der Waals surface area contributed by atoms with E-state index in [1.807, 2.05) is 6.92 Å². The number of aryl methyl sites for hydroxylation is 2. The number of aromatic nitrogens is 4. The van der Waals surface area contributed by atoms with Crippen LogP contribution in [0.1, 0.15) is 5.69 Å². The molecule has 4 N–H and O–H groups in total. The molecule has 0 amide bonds. The third kappa shape index (κ3) is 0.986. The first-order chi connectivity index (χ1) is 6.09. The Labute approximate surface area is 74.6 Å². The van der Waals surface area contributed by atoms with E-state index < -0.39 is 0 Å². The zero-order valence-corrected chi connectivity index (χ0v) is 7.44. The van der Waals surface area contributed by atoms with Crippen LogP contribution < -0.4 is 11.5 Å². The molecule has 0 aliphatic rings. The lowest BCUT2D eigenvalue weighted by Gasteiger charge is -1.95. The summed E-state index contributed by atoms with van der Waals surface area (Å²) >= 11 is 0. The Hall–Kier alpha value is -1.85. The number of hydrogen-bond acceptors (Lipinski definition) is 5. The van der Waals surface area contributed by atoms with Crippen molar-refractivity contribution in [2.75, 3.05) is 11.5 Å². The summed E-state index contributed by atoms with van der Waals surface area (Å²) in [6, 6.07) is 0. The molecule has 0 aliphatic carbocycles. The molecule has 13 heavy (non-hydrogen) atoms. The summed E-state index contributed by atoms with van der Waals surface area (Å²) in [5.74, 6) is 0.733. The first-order valence-corrected chi connectivity index (χ1v) is 3.82. The normalized spacial score (nSPS) is 10.9. The molecule has 0 spiro atoms. The average molecular weight is 178 g/mol. The van der Waals surface area contributed by atoms with E-state index in [0.29, 0.717) is 16.9 Å². The largest absolute Gasteiger partial charge is 0.382 e. The van der Waals surface area contributed by atoms with Crippen LogP contribution in [-0.2, 0) is 7.05 Å². The van der Waals surface area contributed by atoms with E-state index in [9.17, 15) is 0 Å². The molecular formula is C7H10N6. The van der Waals surface area contributed by atoms with Crippen LogP contribution in [0.3, 0.4) is 0 Å². The highest BCUT2D eigenvalue weighted by Gasteiger charge is 2.10. The fraction of sp³-hybridized carbons (Fsp3) is 0.286. The first-order valence-electron chi connectivity index (χ1n) is 3.82. The van der Waals surface area contributed by atoms with E-state index in [0.717, 1.165) is 5.69 Å². The zero-order chi connectivity index (χ0) is 9.59. The van der Waals surface area contributed by atoms with Gasteiger partial charge in [0.25, 0.3) is 0 Å². The van der Waals surface area contributed by atoms with Gasteiger partial charge in [-0.15, -0.1) is 0 Å². The fourth-order valence-electron chi connectivity index (χ4n) is 1.24. The molecule has 0 fully saturated rings. The van der Waals surface area contributed by atoms with Crippen molar-refractivity contribution in [3.63, 3.8) is 0 Å². The minimum Gasteiger partial charge on any atom is -0.382 e. The van der Waals surface area contributed by atoms with Gasteiger partial charge in [0.15, 0.2) is 0 Å². The quantitative estimate of drug-likeness (QED) is 0.584. The molecule has 2 aromatic heterocycles. The molecule has 0 bridgehead atoms. The number of nitrogens with two attached hydrogens (primary N) is 2. The smallest absolute Gasteiger partial charge is 0.221 e. The summed E-state index contributed by atoms with van der Waals surface area (Å²) < 4.78 is 1.56. The summed E-state index contributed by atoms with van der Waals surface area (Å²) in [5.41, 5.74) is 13.3. The second kappa shape index (κ2) is 2.32. The molecule has 2 heterocycles. The number of nitrogens with zero attached hydrogens (tertiary/aromatic N) is 4. The van der Waals surface area contributed by atoms with E-state index in [1.165, 1.54) is 0 Å². The van der Waals surface area contributed by atoms with E-state index in [4.69, 9.17) is 11.5 Å². The highest BCUT2D eigenvalue weighted by molar-refractivity contribution is 5.87. The highest BCUT2D eigenvalue weighted by atomic mass is 15.3. The molecule has 2 rings (SSSR count). The van der Waals surface area contributed by atoms with E-state index in [1.54, 1.807) is 11.7 Å². The molecule has 0 radical (unpaired) electrons. The van der Waals surface area contributed by atoms with Gasteiger partial charge in [-0.1, -0.05) is 0 Å². The van der Waals surface area contributed by atoms with Crippen molar-refractivity contribution >= 4 is 22.8 Å². The van der Waals surface area contributed by atoms with Crippen molar-refractivity contribution in [1.82, 2.24) is 19.7 Å². The number of anilines is 2. The van der Waals surface area contributed by atoms with Crippen LogP contribution in [0.4, 0.5) is 11.8 Å². The predicted octanol–water partition coefficient (Wildman–Crippen LogP) is -0.164. The molecule has 0 saturated carbocycles. The molecule has 68 valence electrons. The molecule has 2 aromatic rings. The van der Waals surface area contributed by atoms with Crippen molar-refractivity contribution in [3.05, 3.63) is 5.69 Å². The van der Waals surface area contributed by atoms with Gasteiger partial charge in [0.1, 0.15) is 16.9 Å². The van der Waals surface area contributed by atoms with E-state index >= 15 is 0 Å². The maximum Gasteiger partial charge on any atom is 0.221 e. The molecule has 0 aromatic carbocycles. The topological polar surface area (TPSA) is 95.6 Å². The summed E-state index contributed by atoms with van der Waals surface area (Å²) in [6.45, 7) is 1.83. The number of rotatable bonds is 0. The minimum absolute atomic E-state index is 0.227. The van der Waals surface area contributed by atoms with Crippen molar-refractivity contribution in [2.24, 2.45) is 7.05 Å². The Balaban J connectivity index is 2.94. The van der Waals surface area contributed by atoms with Gasteiger partial charge in [-0.3, -0.25) is 4.68 Å². The lowest BCUT2D eigenvalue weighted by Crippen LogP contribution is -1.98. The van der Waals surface area contributed by atoms with Crippen molar-refractivity contribution < 1.29 is 0 Å². The van der Waals surface area contributed by atoms with Crippen LogP contribution in [0, 0.1) is 6.92 Å². The summed E-state index contributed by atoms with van der Waals surface area (Å²) in [5, 5.41) is 4.16. The molecule has 6 heteroatoms. The predicted molar refractivity (Wildman–Crippen MR) is 49.9 cm³/mol. The Bertz CT molecular complexity index is 471. The van der Waals surface area contributed by atoms with Gasteiger partial charge in [-0.05, 0) is 6.92 Å². The summed E-state index contributed by atoms with van der Waals surface area (Å²) in [7, 11) is 1.76. The molecule has 0 saturated heterocycles. The van der Waals surface area contributed by atoms with Crippen LogP contribution in [0.5, 0.6) is 0 Å². The molecule has 6 nitrogen and oxygen atoms in total. The Kier molecular flexibility index (Phi) is 1.39. The number of nitrogen functional groups attached to an aromatic ring is 2. The van der Waals surface area contributed by atoms with E-state index in [-0.39, 0.29) is 5.95 Å². The maximum absolute atomic E-state index is 5.73. The molecule has 0 atom stereocenters. The molecule has 0 unspecified atom stereocenters. The van der Waals surface area contributed by atoms with Gasteiger partial charge in [0.2, 0.25) is 5.95 Å². The van der Waals surface area contributed by atoms with Gasteiger partial charge >= 0.3 is 0 Å². The Morgan fingerprint density at radius 3 is 2.54 bits per heavy atom. The SMILES string of the molecule is Cc1nc(N)nc2c(N)n(C)nc12. The van der Waals surface area contributed by atoms with Crippen LogP contribution in [0.2, 0.25) is 0 Å². The van der Waals surface area contributed by atoms with Gasteiger partial charge in [0.05, 0.1) is 5.69 Å². The fourth-order valence-corrected chi connectivity index (χ4v) is 1.24. The van der Waals surface area contributed by atoms with Gasteiger partial charge in [-0.25, -0.2) is 9.97 Å². The zero-order valence-electron chi connectivity index (χ0n) is 7.44. The summed E-state index contributed by atoms with van der Waals surface area (Å²) in [6.07, 6.45) is 0. The van der Waals surface area contributed by atoms with Crippen LogP contribution in [-0.4, -0.2) is 19.7 Å². The lowest BCUT2D eigenvalue weighted by molar-refractivity contribution is 0.789. The Morgan fingerprint density at radius 2 is 1.85 bits per heavy atom. The second-order valence-corrected chi connectivity index (χ2v) is 2.87. The second-order valence-electron chi connectivity index (χ2n) is 2.87. The van der Waals surface area contributed by atoms with Crippen molar-refractivity contribution in [3.8, 4) is 0 Å². The monoisotopic (exact) mass is 178 g/mol. The summed E-state index contributed by atoms with van der Waals surface area (Å²) in [4.78, 5) is 8.01. The standard InChI is InChI=1S/C7H10N6/c1-3-4-5(11-7(9)10-3)6(8)13(2)12-4/h8H2,1-2H3,(H2,9,11). The average Bonchev–Trinajstić information content (AvgIpc) is 2.32. The van der Waals surface area contributed by atoms with Crippen molar-refractivity contribution in [1.29, 1.82) is 0 Å². The van der Waals surface area contributed by atoms with Crippen LogP contribution in [0.15, 0.2) is 0 Å². The van der Waals surface area contributed by atoms with E-state index in [2.05, 4.69) is 15.1 Å². The maximum atomic E-state index is 5.73. The van der Waals surface area contributed by atoms with Gasteiger partial charge < -0.3 is 11.5 Å². The molecular weight excluding hydrogens is 168 g/mol. The van der Waals surface area contributed by atoms with Gasteiger partial charge in [0, 0.05) is 7.05 Å².